The zero-order valence-electron chi connectivity index (χ0n) is 20.9. The summed E-state index contributed by atoms with van der Waals surface area (Å²) in [6.45, 7) is 0.347. The van der Waals surface area contributed by atoms with Crippen molar-refractivity contribution in [1.29, 1.82) is 0 Å². The molecule has 7 nitrogen and oxygen atoms in total. The molecule has 192 valence electrons. The van der Waals surface area contributed by atoms with E-state index < -0.39 is 0 Å². The van der Waals surface area contributed by atoms with Crippen molar-refractivity contribution in [2.45, 2.75) is 6.61 Å². The lowest BCUT2D eigenvalue weighted by molar-refractivity contribution is 0.284. The number of hydrogen-bond donors (Lipinski definition) is 0. The van der Waals surface area contributed by atoms with Crippen LogP contribution in [0, 0.1) is 0 Å². The van der Waals surface area contributed by atoms with Crippen LogP contribution in [-0.4, -0.2) is 23.0 Å². The molecule has 0 saturated carbocycles. The predicted molar refractivity (Wildman–Crippen MR) is 156 cm³/mol. The third kappa shape index (κ3) is 4.94. The van der Waals surface area contributed by atoms with Crippen LogP contribution in [0.2, 0.25) is 0 Å². The van der Waals surface area contributed by atoms with Crippen LogP contribution in [0.15, 0.2) is 116 Å². The molecule has 39 heavy (non-hydrogen) atoms. The van der Waals surface area contributed by atoms with Gasteiger partial charge in [0.15, 0.2) is 17.3 Å². The molecule has 2 heterocycles. The largest absolute Gasteiger partial charge is 0.493 e. The highest BCUT2D eigenvalue weighted by atomic mass is 79.9. The van der Waals surface area contributed by atoms with Crippen molar-refractivity contribution in [2.24, 2.45) is 5.10 Å². The molecule has 0 atom stereocenters. The monoisotopic (exact) mass is 579 g/mol. The third-order valence-corrected chi connectivity index (χ3v) is 6.71. The molecular weight excluding hydrogens is 558 g/mol. The first-order valence-corrected chi connectivity index (χ1v) is 13.0. The molecular formula is C31H22BrN3O4. The Bertz CT molecular complexity index is 1890. The number of aromatic nitrogens is 2. The molecule has 0 aliphatic heterocycles. The summed E-state index contributed by atoms with van der Waals surface area (Å²) in [6.07, 6.45) is 1.57. The van der Waals surface area contributed by atoms with Crippen molar-refractivity contribution in [3.05, 3.63) is 123 Å². The van der Waals surface area contributed by atoms with Gasteiger partial charge >= 0.3 is 0 Å². The molecule has 0 aliphatic rings. The first-order chi connectivity index (χ1) is 19.1. The molecule has 0 fully saturated rings. The Labute approximate surface area is 232 Å². The molecule has 0 aliphatic carbocycles. The van der Waals surface area contributed by atoms with Crippen molar-refractivity contribution in [3.63, 3.8) is 0 Å². The molecule has 8 heteroatoms. The molecule has 0 amide bonds. The zero-order valence-corrected chi connectivity index (χ0v) is 22.5. The highest BCUT2D eigenvalue weighted by Gasteiger charge is 2.17. The minimum atomic E-state index is -0.317. The summed E-state index contributed by atoms with van der Waals surface area (Å²) >= 11 is 3.50. The van der Waals surface area contributed by atoms with Crippen molar-refractivity contribution in [3.8, 4) is 23.1 Å². The van der Waals surface area contributed by atoms with E-state index in [4.69, 9.17) is 18.9 Å². The average Bonchev–Trinajstić information content (AvgIpc) is 3.39. The van der Waals surface area contributed by atoms with E-state index >= 15 is 0 Å². The number of fused-ring (bicyclic) bond motifs is 2. The maximum atomic E-state index is 13.6. The fourth-order valence-corrected chi connectivity index (χ4v) is 4.69. The number of para-hydroxylation sites is 2. The van der Waals surface area contributed by atoms with Crippen molar-refractivity contribution in [1.82, 2.24) is 9.66 Å². The molecule has 0 saturated heterocycles. The average molecular weight is 580 g/mol. The van der Waals surface area contributed by atoms with Gasteiger partial charge in [-0.2, -0.15) is 9.78 Å². The van der Waals surface area contributed by atoms with Crippen LogP contribution in [0.4, 0.5) is 0 Å². The Morgan fingerprint density at radius 3 is 2.64 bits per heavy atom. The number of halogens is 1. The van der Waals surface area contributed by atoms with Gasteiger partial charge in [0.1, 0.15) is 12.2 Å². The number of rotatable bonds is 7. The number of ether oxygens (including phenoxy) is 2. The zero-order chi connectivity index (χ0) is 26.8. The molecule has 0 spiro atoms. The Kier molecular flexibility index (Phi) is 6.69. The van der Waals surface area contributed by atoms with Gasteiger partial charge in [0, 0.05) is 15.4 Å². The SMILES string of the molecule is COc1cccc(C=Nn2c(-c3cc4cc(Br)ccc4o3)nc3ccccc3c2=O)c1OCc1ccccc1. The predicted octanol–water partition coefficient (Wildman–Crippen LogP) is 7.04. The van der Waals surface area contributed by atoms with Gasteiger partial charge in [0.25, 0.3) is 5.56 Å². The Morgan fingerprint density at radius 1 is 0.974 bits per heavy atom. The van der Waals surface area contributed by atoms with Gasteiger partial charge in [-0.15, -0.1) is 0 Å². The normalized spacial score (nSPS) is 11.4. The highest BCUT2D eigenvalue weighted by Crippen LogP contribution is 2.32. The van der Waals surface area contributed by atoms with Crippen molar-refractivity contribution >= 4 is 44.0 Å². The minimum absolute atomic E-state index is 0.289. The summed E-state index contributed by atoms with van der Waals surface area (Å²) in [7, 11) is 1.58. The van der Waals surface area contributed by atoms with Gasteiger partial charge in [-0.05, 0) is 54.1 Å². The second kappa shape index (κ2) is 10.6. The summed E-state index contributed by atoms with van der Waals surface area (Å²) < 4.78 is 20.0. The van der Waals surface area contributed by atoms with Gasteiger partial charge < -0.3 is 13.9 Å². The van der Waals surface area contributed by atoms with Crippen LogP contribution < -0.4 is 15.0 Å². The van der Waals surface area contributed by atoms with Crippen LogP contribution in [-0.2, 0) is 6.61 Å². The number of furan rings is 1. The van der Waals surface area contributed by atoms with E-state index in [9.17, 15) is 4.79 Å². The summed E-state index contributed by atoms with van der Waals surface area (Å²) in [5, 5.41) is 5.92. The van der Waals surface area contributed by atoms with E-state index in [1.165, 1.54) is 4.68 Å². The Hall–Kier alpha value is -4.69. The summed E-state index contributed by atoms with van der Waals surface area (Å²) in [5.41, 5.74) is 2.57. The van der Waals surface area contributed by atoms with Crippen LogP contribution in [0.3, 0.4) is 0 Å². The van der Waals surface area contributed by atoms with E-state index in [2.05, 4.69) is 21.0 Å². The quantitative estimate of drug-likeness (QED) is 0.189. The summed E-state index contributed by atoms with van der Waals surface area (Å²) in [4.78, 5) is 18.4. The molecule has 6 rings (SSSR count). The van der Waals surface area contributed by atoms with Crippen molar-refractivity contribution < 1.29 is 13.9 Å². The number of methoxy groups -OCH3 is 1. The van der Waals surface area contributed by atoms with E-state index in [0.717, 1.165) is 15.4 Å². The first-order valence-electron chi connectivity index (χ1n) is 12.2. The van der Waals surface area contributed by atoms with Crippen LogP contribution in [0.25, 0.3) is 33.5 Å². The second-order valence-corrected chi connectivity index (χ2v) is 9.68. The lowest BCUT2D eigenvalue weighted by atomic mass is 10.2. The molecule has 0 unspecified atom stereocenters. The molecule has 4 aromatic carbocycles. The van der Waals surface area contributed by atoms with Gasteiger partial charge in [0.2, 0.25) is 5.82 Å². The number of nitrogens with zero attached hydrogens (tertiary/aromatic N) is 3. The van der Waals surface area contributed by atoms with Crippen LogP contribution in [0.5, 0.6) is 11.5 Å². The van der Waals surface area contributed by atoms with Crippen molar-refractivity contribution in [2.75, 3.05) is 7.11 Å². The van der Waals surface area contributed by atoms with Crippen LogP contribution in [0.1, 0.15) is 11.1 Å². The van der Waals surface area contributed by atoms with E-state index in [-0.39, 0.29) is 11.4 Å². The first kappa shape index (κ1) is 24.6. The van der Waals surface area contributed by atoms with Gasteiger partial charge in [-0.3, -0.25) is 4.79 Å². The lowest BCUT2D eigenvalue weighted by Gasteiger charge is -2.13. The topological polar surface area (TPSA) is 78.9 Å². The number of benzene rings is 4. The lowest BCUT2D eigenvalue weighted by Crippen LogP contribution is -2.20. The molecule has 0 N–H and O–H groups in total. The fourth-order valence-electron chi connectivity index (χ4n) is 4.31. The van der Waals surface area contributed by atoms with E-state index in [1.54, 1.807) is 31.5 Å². The molecule has 0 radical (unpaired) electrons. The fraction of sp³-hybridized carbons (Fsp3) is 0.0645. The number of hydrogen-bond acceptors (Lipinski definition) is 6. The molecule has 6 aromatic rings. The minimum Gasteiger partial charge on any atom is -0.493 e. The van der Waals surface area contributed by atoms with Gasteiger partial charge in [-0.25, -0.2) is 4.98 Å². The van der Waals surface area contributed by atoms with Gasteiger partial charge in [0.05, 0.1) is 24.2 Å². The van der Waals surface area contributed by atoms with E-state index in [1.807, 2.05) is 78.9 Å². The second-order valence-electron chi connectivity index (χ2n) is 8.76. The molecule has 2 aromatic heterocycles. The Balaban J connectivity index is 1.47. The third-order valence-electron chi connectivity index (χ3n) is 6.22. The standard InChI is InChI=1S/C31H22BrN3O4/c1-37-27-13-7-10-21(29(27)38-19-20-8-3-2-4-9-20)18-33-35-30(34-25-12-6-5-11-24(25)31(35)36)28-17-22-16-23(32)14-15-26(22)39-28/h2-18H,19H2,1H3. The summed E-state index contributed by atoms with van der Waals surface area (Å²) in [5.74, 6) is 1.79. The smallest absolute Gasteiger partial charge is 0.282 e. The highest BCUT2D eigenvalue weighted by molar-refractivity contribution is 9.10. The Morgan fingerprint density at radius 2 is 1.79 bits per heavy atom. The maximum absolute atomic E-state index is 13.6. The maximum Gasteiger partial charge on any atom is 0.282 e. The molecule has 0 bridgehead atoms. The van der Waals surface area contributed by atoms with E-state index in [0.29, 0.717) is 45.9 Å². The van der Waals surface area contributed by atoms with Gasteiger partial charge in [-0.1, -0.05) is 64.5 Å². The summed E-state index contributed by atoms with van der Waals surface area (Å²) in [6, 6.07) is 30.1. The van der Waals surface area contributed by atoms with Crippen LogP contribution >= 0.6 is 15.9 Å².